The number of alkyl carbamates (subject to hydrolysis) is 1. The van der Waals surface area contributed by atoms with E-state index < -0.39 is 12.5 Å². The molecule has 7 radical (unpaired) electrons. The van der Waals surface area contributed by atoms with Crippen LogP contribution in [0.15, 0.2) is 35.2 Å². The Balaban J connectivity index is 1.67. The van der Waals surface area contributed by atoms with E-state index in [0.717, 1.165) is 18.4 Å². The monoisotopic (exact) mass is 368 g/mol. The summed E-state index contributed by atoms with van der Waals surface area (Å²) in [6.45, 7) is 1.58. The fourth-order valence-electron chi connectivity index (χ4n) is 3.02. The van der Waals surface area contributed by atoms with Crippen LogP contribution in [-0.4, -0.2) is 79.3 Å². The van der Waals surface area contributed by atoms with Gasteiger partial charge < -0.3 is 0 Å². The molecule has 1 aliphatic carbocycles. The zero-order chi connectivity index (χ0) is 20.4. The van der Waals surface area contributed by atoms with Gasteiger partial charge >= 0.3 is 136 Å². The van der Waals surface area contributed by atoms with Crippen LogP contribution in [-0.2, 0) is 16.1 Å². The molecule has 0 aromatic heterocycles. The van der Waals surface area contributed by atoms with Crippen molar-refractivity contribution < 1.29 is 14.3 Å². The van der Waals surface area contributed by atoms with E-state index in [4.69, 9.17) is 28.2 Å². The number of nitrogens with one attached hydrogen (secondary N) is 1. The predicted molar refractivity (Wildman–Crippen MR) is 114 cm³/mol. The Hall–Kier alpha value is -1.85. The van der Waals surface area contributed by atoms with E-state index in [1.165, 1.54) is 18.8 Å². The Bertz CT molecular complexity index is 658. The molecule has 1 fully saturated rings. The number of hydrogen-bond donors (Lipinski definition) is 1. The molecule has 1 aromatic carbocycles. The molecule has 0 saturated heterocycles. The third-order valence-corrected chi connectivity index (χ3v) is 4.64. The van der Waals surface area contributed by atoms with Gasteiger partial charge in [0, 0.05) is 0 Å². The standard InChI is InChI=1S/C16H20B6N3O3/c17-20-22(18)21-23-10-15(26)25(19)14-8-6-13(7-9-14)24-16(27)28-11-12-4-2-1-3-5-12/h1-5,13-14H,6-11H2,(H,24,27). The first-order chi connectivity index (χ1) is 13.5. The quantitative estimate of drug-likeness (QED) is 0.656. The van der Waals surface area contributed by atoms with E-state index in [9.17, 15) is 9.59 Å². The molecule has 135 valence electrons. The average molecular weight is 367 g/mol. The molecule has 0 spiro atoms. The van der Waals surface area contributed by atoms with Crippen molar-refractivity contribution in [3.05, 3.63) is 35.9 Å². The summed E-state index contributed by atoms with van der Waals surface area (Å²) in [5.74, 6) is -0.279. The summed E-state index contributed by atoms with van der Waals surface area (Å²) < 4.78 is 5.24. The molecular formula is C16H20B6N3O3. The van der Waals surface area contributed by atoms with E-state index in [1.807, 2.05) is 30.3 Å². The van der Waals surface area contributed by atoms with Crippen LogP contribution in [0.4, 0.5) is 4.79 Å². The predicted octanol–water partition coefficient (Wildman–Crippen LogP) is -0.0350. The number of amides is 2. The van der Waals surface area contributed by atoms with Crippen LogP contribution in [0, 0.1) is 0 Å². The minimum absolute atomic E-state index is 0.0131. The molecule has 1 aromatic rings. The molecule has 1 aliphatic rings. The maximum atomic E-state index is 12.1. The average Bonchev–Trinajstić information content (AvgIpc) is 2.72. The van der Waals surface area contributed by atoms with Crippen LogP contribution in [0.5, 0.6) is 0 Å². The van der Waals surface area contributed by atoms with E-state index >= 15 is 0 Å². The number of ether oxygens (including phenoxy) is 1. The molecule has 12 heteroatoms. The van der Waals surface area contributed by atoms with Gasteiger partial charge in [-0.25, -0.2) is 0 Å². The number of hydrogen-bond acceptors (Lipinski definition) is 4. The Kier molecular flexibility index (Phi) is 9.51. The minimum atomic E-state index is -0.484. The molecule has 6 nitrogen and oxygen atoms in total. The van der Waals surface area contributed by atoms with Gasteiger partial charge in [-0.1, -0.05) is 30.3 Å². The summed E-state index contributed by atoms with van der Waals surface area (Å²) in [4.78, 5) is 29.2. The summed E-state index contributed by atoms with van der Waals surface area (Å²) in [6.07, 6.45) is 1.93. The van der Waals surface area contributed by atoms with Gasteiger partial charge in [-0.2, -0.15) is 0 Å². The summed E-state index contributed by atoms with van der Waals surface area (Å²) in [5.41, 5.74) is 0.937. The number of carbonyl (C=O) groups excluding carboxylic acids is 2. The second-order valence-electron chi connectivity index (χ2n) is 6.77. The van der Waals surface area contributed by atoms with Gasteiger partial charge in [-0.05, 0) is 5.56 Å². The normalized spacial score (nSPS) is 18.7. The van der Waals surface area contributed by atoms with Crippen molar-refractivity contribution in [3.63, 3.8) is 0 Å². The topological polar surface area (TPSA) is 71.0 Å². The van der Waals surface area contributed by atoms with Crippen LogP contribution in [0.1, 0.15) is 31.2 Å². The Morgan fingerprint density at radius 2 is 1.93 bits per heavy atom. The third kappa shape index (κ3) is 7.64. The first kappa shape index (κ1) is 22.4. The number of benzene rings is 1. The van der Waals surface area contributed by atoms with Crippen molar-refractivity contribution in [2.24, 2.45) is 4.90 Å². The Labute approximate surface area is 172 Å². The molecule has 0 aliphatic heterocycles. The van der Waals surface area contributed by atoms with Crippen molar-refractivity contribution >= 4 is 55.9 Å². The zero-order valence-electron chi connectivity index (χ0n) is 15.9. The first-order valence-corrected chi connectivity index (χ1v) is 9.34. The Morgan fingerprint density at radius 3 is 2.57 bits per heavy atom. The van der Waals surface area contributed by atoms with Gasteiger partial charge in [-0.15, -0.1) is 0 Å². The van der Waals surface area contributed by atoms with Crippen LogP contribution in [0.2, 0.25) is 0 Å². The molecule has 0 atom stereocenters. The van der Waals surface area contributed by atoms with E-state index in [1.54, 1.807) is 0 Å². The molecular weight excluding hydrogens is 347 g/mol. The van der Waals surface area contributed by atoms with Crippen LogP contribution in [0.3, 0.4) is 0 Å². The molecule has 0 bridgehead atoms. The van der Waals surface area contributed by atoms with Gasteiger partial charge in [0.05, 0.1) is 0 Å². The van der Waals surface area contributed by atoms with Crippen LogP contribution < -0.4 is 5.32 Å². The van der Waals surface area contributed by atoms with Crippen molar-refractivity contribution in [1.29, 1.82) is 0 Å². The van der Waals surface area contributed by atoms with Crippen molar-refractivity contribution in [3.8, 4) is 0 Å². The molecule has 0 heterocycles. The van der Waals surface area contributed by atoms with Gasteiger partial charge in [0.25, 0.3) is 0 Å². The maximum absolute atomic E-state index is 12.1. The summed E-state index contributed by atoms with van der Waals surface area (Å²) >= 11 is 0. The molecule has 28 heavy (non-hydrogen) atoms. The van der Waals surface area contributed by atoms with Crippen molar-refractivity contribution in [2.75, 3.05) is 6.54 Å². The van der Waals surface area contributed by atoms with Gasteiger partial charge in [0.15, 0.2) is 0 Å². The second kappa shape index (κ2) is 11.9. The third-order valence-electron chi connectivity index (χ3n) is 4.64. The molecule has 1 saturated carbocycles. The fraction of sp³-hybridized carbons (Fsp3) is 0.500. The molecule has 2 amide bonds. The second-order valence-corrected chi connectivity index (χ2v) is 6.77. The number of nitrogens with zero attached hydrogens (tertiary/aromatic N) is 2. The number of rotatable bonds is 8. The fourth-order valence-corrected chi connectivity index (χ4v) is 3.02. The van der Waals surface area contributed by atoms with E-state index in [-0.39, 0.29) is 31.1 Å². The van der Waals surface area contributed by atoms with Gasteiger partial charge in [0.1, 0.15) is 0 Å². The summed E-state index contributed by atoms with van der Waals surface area (Å²) in [7, 11) is 18.0. The first-order valence-electron chi connectivity index (χ1n) is 9.34. The molecule has 1 N–H and O–H groups in total. The van der Waals surface area contributed by atoms with Crippen molar-refractivity contribution in [2.45, 2.75) is 44.4 Å². The van der Waals surface area contributed by atoms with Gasteiger partial charge in [-0.3, -0.25) is 0 Å². The molecule has 2 rings (SSSR count). The Morgan fingerprint density at radius 1 is 1.25 bits per heavy atom. The van der Waals surface area contributed by atoms with Crippen LogP contribution in [0.25, 0.3) is 0 Å². The van der Waals surface area contributed by atoms with E-state index in [0.29, 0.717) is 12.8 Å². The van der Waals surface area contributed by atoms with E-state index in [2.05, 4.69) is 10.2 Å². The van der Waals surface area contributed by atoms with Gasteiger partial charge in [0.2, 0.25) is 0 Å². The van der Waals surface area contributed by atoms with Crippen molar-refractivity contribution in [1.82, 2.24) is 10.1 Å². The summed E-state index contributed by atoms with van der Waals surface area (Å²) in [5, 5.41) is 2.87. The SMILES string of the molecule is [B][B]B([B])B=NCC(=O)N([B])C1CCC(NC(=O)OCc2ccccc2)CC1. The summed E-state index contributed by atoms with van der Waals surface area (Å²) in [6, 6.07) is 9.44. The zero-order valence-corrected chi connectivity index (χ0v) is 15.9. The van der Waals surface area contributed by atoms with Crippen LogP contribution >= 0.6 is 0 Å². The number of carbonyl (C=O) groups is 2. The molecule has 0 unspecified atom stereocenters.